The lowest BCUT2D eigenvalue weighted by Gasteiger charge is -2.18. The minimum Gasteiger partial charge on any atom is -0.506 e. The molecule has 1 N–H and O–H groups in total. The van der Waals surface area contributed by atoms with Crippen molar-refractivity contribution in [1.82, 2.24) is 19.6 Å². The molecule has 170 valence electrons. The maximum Gasteiger partial charge on any atom is 0.255 e. The maximum atomic E-state index is 11.2. The standard InChI is InChI=1S/C26H21BrN4O3/c1-16(17-7-4-3-5-8-17)34-22-12-11-20(25(32)23(22)27)24-21(14-31-15-28-30-26(31)29-24)18-9-6-10-19(13-18)33-2/h3-16,32H,1-2H3. The second kappa shape index (κ2) is 9.15. The summed E-state index contributed by atoms with van der Waals surface area (Å²) in [6.45, 7) is 1.97. The highest BCUT2D eigenvalue weighted by molar-refractivity contribution is 9.10. The Morgan fingerprint density at radius 2 is 1.82 bits per heavy atom. The van der Waals surface area contributed by atoms with Gasteiger partial charge in [-0.05, 0) is 58.2 Å². The third kappa shape index (κ3) is 4.08. The van der Waals surface area contributed by atoms with E-state index in [1.807, 2.05) is 73.8 Å². The van der Waals surface area contributed by atoms with Crippen LogP contribution in [0.4, 0.5) is 0 Å². The van der Waals surface area contributed by atoms with E-state index < -0.39 is 0 Å². The van der Waals surface area contributed by atoms with Gasteiger partial charge in [0.15, 0.2) is 0 Å². The lowest BCUT2D eigenvalue weighted by atomic mass is 9.99. The first-order valence-corrected chi connectivity index (χ1v) is 11.4. The van der Waals surface area contributed by atoms with Crippen molar-refractivity contribution in [2.75, 3.05) is 7.11 Å². The zero-order valence-electron chi connectivity index (χ0n) is 18.5. The summed E-state index contributed by atoms with van der Waals surface area (Å²) in [6, 6.07) is 21.2. The van der Waals surface area contributed by atoms with E-state index in [9.17, 15) is 5.11 Å². The number of phenolic OH excluding ortho intramolecular Hbond substituents is 1. The normalized spacial score (nSPS) is 12.0. The summed E-state index contributed by atoms with van der Waals surface area (Å²) >= 11 is 3.52. The van der Waals surface area contributed by atoms with E-state index in [-0.39, 0.29) is 11.9 Å². The van der Waals surface area contributed by atoms with Crippen molar-refractivity contribution in [1.29, 1.82) is 0 Å². The van der Waals surface area contributed by atoms with Crippen LogP contribution in [0.5, 0.6) is 17.2 Å². The van der Waals surface area contributed by atoms with Crippen LogP contribution in [0, 0.1) is 0 Å². The highest BCUT2D eigenvalue weighted by atomic mass is 79.9. The Kier molecular flexibility index (Phi) is 5.90. The van der Waals surface area contributed by atoms with Gasteiger partial charge >= 0.3 is 0 Å². The fourth-order valence-electron chi connectivity index (χ4n) is 3.79. The highest BCUT2D eigenvalue weighted by Crippen LogP contribution is 2.44. The van der Waals surface area contributed by atoms with Crippen LogP contribution in [0.1, 0.15) is 18.6 Å². The molecule has 0 aliphatic rings. The van der Waals surface area contributed by atoms with Gasteiger partial charge in [0, 0.05) is 17.3 Å². The first kappa shape index (κ1) is 21.9. The summed E-state index contributed by atoms with van der Waals surface area (Å²) in [4.78, 5) is 4.70. The molecule has 0 aliphatic heterocycles. The quantitative estimate of drug-likeness (QED) is 0.294. The van der Waals surface area contributed by atoms with E-state index in [2.05, 4.69) is 26.1 Å². The number of rotatable bonds is 6. The summed E-state index contributed by atoms with van der Waals surface area (Å²) < 4.78 is 13.7. The third-order valence-electron chi connectivity index (χ3n) is 5.58. The molecule has 2 heterocycles. The van der Waals surface area contributed by atoms with E-state index in [0.29, 0.717) is 27.3 Å². The number of benzene rings is 3. The van der Waals surface area contributed by atoms with E-state index >= 15 is 0 Å². The molecule has 2 aromatic heterocycles. The van der Waals surface area contributed by atoms with E-state index in [4.69, 9.17) is 14.5 Å². The molecule has 1 unspecified atom stereocenters. The van der Waals surface area contributed by atoms with Gasteiger partial charge in [-0.25, -0.2) is 4.98 Å². The molecular weight excluding hydrogens is 496 g/mol. The summed E-state index contributed by atoms with van der Waals surface area (Å²) in [5.41, 5.74) is 3.81. The highest BCUT2D eigenvalue weighted by Gasteiger charge is 2.20. The van der Waals surface area contributed by atoms with Crippen molar-refractivity contribution in [2.24, 2.45) is 0 Å². The summed E-state index contributed by atoms with van der Waals surface area (Å²) in [5, 5.41) is 19.2. The van der Waals surface area contributed by atoms with Gasteiger partial charge in [-0.15, -0.1) is 10.2 Å². The summed E-state index contributed by atoms with van der Waals surface area (Å²) in [6.07, 6.45) is 3.29. The Morgan fingerprint density at radius 3 is 2.62 bits per heavy atom. The van der Waals surface area contributed by atoms with Crippen LogP contribution < -0.4 is 9.47 Å². The second-order valence-corrected chi connectivity index (χ2v) is 8.51. The Bertz CT molecular complexity index is 1470. The molecule has 1 atom stereocenters. The van der Waals surface area contributed by atoms with Gasteiger partial charge in [-0.3, -0.25) is 4.40 Å². The van der Waals surface area contributed by atoms with Gasteiger partial charge in [0.2, 0.25) is 0 Å². The molecular formula is C26H21BrN4O3. The minimum absolute atomic E-state index is 0.0262. The molecule has 34 heavy (non-hydrogen) atoms. The molecule has 8 heteroatoms. The Labute approximate surface area is 204 Å². The molecule has 5 aromatic rings. The van der Waals surface area contributed by atoms with Crippen LogP contribution in [0.15, 0.2) is 83.7 Å². The fraction of sp³-hybridized carbons (Fsp3) is 0.115. The molecule has 0 bridgehead atoms. The van der Waals surface area contributed by atoms with Gasteiger partial charge in [-0.2, -0.15) is 0 Å². The number of halogens is 1. The van der Waals surface area contributed by atoms with Crippen molar-refractivity contribution in [3.8, 4) is 39.6 Å². The number of aromatic hydroxyl groups is 1. The van der Waals surface area contributed by atoms with Crippen molar-refractivity contribution in [3.05, 3.63) is 89.3 Å². The Balaban J connectivity index is 1.60. The molecule has 3 aromatic carbocycles. The zero-order chi connectivity index (χ0) is 23.7. The first-order chi connectivity index (χ1) is 16.5. The average Bonchev–Trinajstić information content (AvgIpc) is 3.34. The molecule has 0 fully saturated rings. The Morgan fingerprint density at radius 1 is 1.00 bits per heavy atom. The van der Waals surface area contributed by atoms with E-state index in [1.54, 1.807) is 23.9 Å². The number of hydrogen-bond donors (Lipinski definition) is 1. The van der Waals surface area contributed by atoms with Gasteiger partial charge in [0.05, 0.1) is 12.8 Å². The van der Waals surface area contributed by atoms with Gasteiger partial charge in [-0.1, -0.05) is 42.5 Å². The lowest BCUT2D eigenvalue weighted by molar-refractivity contribution is 0.224. The molecule has 0 saturated heterocycles. The van der Waals surface area contributed by atoms with E-state index in [1.165, 1.54) is 0 Å². The topological polar surface area (TPSA) is 81.8 Å². The molecule has 7 nitrogen and oxygen atoms in total. The fourth-order valence-corrected chi connectivity index (χ4v) is 4.23. The smallest absolute Gasteiger partial charge is 0.255 e. The van der Waals surface area contributed by atoms with Gasteiger partial charge < -0.3 is 14.6 Å². The summed E-state index contributed by atoms with van der Waals surface area (Å²) in [7, 11) is 1.62. The summed E-state index contributed by atoms with van der Waals surface area (Å²) in [5.74, 6) is 1.70. The third-order valence-corrected chi connectivity index (χ3v) is 6.34. The average molecular weight is 517 g/mol. The van der Waals surface area contributed by atoms with Crippen molar-refractivity contribution < 1.29 is 14.6 Å². The number of hydrogen-bond acceptors (Lipinski definition) is 6. The Hall–Kier alpha value is -3.91. The predicted octanol–water partition coefficient (Wildman–Crippen LogP) is 6.08. The first-order valence-electron chi connectivity index (χ1n) is 10.6. The molecule has 0 radical (unpaired) electrons. The monoisotopic (exact) mass is 516 g/mol. The van der Waals surface area contributed by atoms with Gasteiger partial charge in [0.25, 0.3) is 5.78 Å². The molecule has 0 spiro atoms. The molecule has 0 aliphatic carbocycles. The predicted molar refractivity (Wildman–Crippen MR) is 133 cm³/mol. The van der Waals surface area contributed by atoms with Crippen molar-refractivity contribution >= 4 is 21.7 Å². The number of ether oxygens (including phenoxy) is 2. The maximum absolute atomic E-state index is 11.2. The van der Waals surface area contributed by atoms with Crippen LogP contribution in [-0.4, -0.2) is 31.8 Å². The van der Waals surface area contributed by atoms with E-state index in [0.717, 1.165) is 22.4 Å². The van der Waals surface area contributed by atoms with Crippen LogP contribution in [0.2, 0.25) is 0 Å². The number of nitrogens with zero attached hydrogens (tertiary/aromatic N) is 4. The largest absolute Gasteiger partial charge is 0.506 e. The zero-order valence-corrected chi connectivity index (χ0v) is 20.1. The van der Waals surface area contributed by atoms with Crippen molar-refractivity contribution in [3.63, 3.8) is 0 Å². The van der Waals surface area contributed by atoms with Crippen LogP contribution in [0.3, 0.4) is 0 Å². The van der Waals surface area contributed by atoms with Crippen LogP contribution in [0.25, 0.3) is 28.2 Å². The minimum atomic E-state index is -0.194. The van der Waals surface area contributed by atoms with Gasteiger partial charge in [0.1, 0.15) is 34.2 Å². The molecule has 5 rings (SSSR count). The second-order valence-electron chi connectivity index (χ2n) is 7.72. The number of fused-ring (bicyclic) bond motifs is 1. The molecule has 0 saturated carbocycles. The lowest BCUT2D eigenvalue weighted by Crippen LogP contribution is -2.03. The van der Waals surface area contributed by atoms with Crippen LogP contribution in [-0.2, 0) is 0 Å². The number of aromatic nitrogens is 4. The SMILES string of the molecule is COc1cccc(-c2cn3cnnc3nc2-c2ccc(OC(C)c3ccccc3)c(Br)c2O)c1. The number of methoxy groups -OCH3 is 1. The molecule has 0 amide bonds. The van der Waals surface area contributed by atoms with Crippen molar-refractivity contribution in [2.45, 2.75) is 13.0 Å². The van der Waals surface area contributed by atoms with Crippen LogP contribution >= 0.6 is 15.9 Å². The number of phenols is 1.